The van der Waals surface area contributed by atoms with Crippen LogP contribution < -0.4 is 4.74 Å². The number of nitrogens with one attached hydrogen (secondary N) is 1. The Morgan fingerprint density at radius 1 is 1.07 bits per heavy atom. The number of Topliss-reactive ketones (excluding diaryl/α,β-unsaturated/α-hetero) is 1. The van der Waals surface area contributed by atoms with Gasteiger partial charge in [-0.3, -0.25) is 9.59 Å². The highest BCUT2D eigenvalue weighted by Gasteiger charge is 2.29. The number of aromatic amines is 1. The summed E-state index contributed by atoms with van der Waals surface area (Å²) in [6.07, 6.45) is 3.18. The molecule has 0 radical (unpaired) electrons. The number of H-pyrrole nitrogens is 1. The van der Waals surface area contributed by atoms with Gasteiger partial charge in [0.15, 0.2) is 12.4 Å². The Morgan fingerprint density at radius 3 is 2.54 bits per heavy atom. The lowest BCUT2D eigenvalue weighted by molar-refractivity contribution is -0.134. The van der Waals surface area contributed by atoms with Gasteiger partial charge in [0.1, 0.15) is 5.75 Å². The van der Waals surface area contributed by atoms with Crippen molar-refractivity contribution in [2.24, 2.45) is 5.92 Å². The highest BCUT2D eigenvalue weighted by molar-refractivity contribution is 6.08. The van der Waals surface area contributed by atoms with Crippen LogP contribution in [0.5, 0.6) is 5.75 Å². The largest absolute Gasteiger partial charge is 0.484 e. The zero-order valence-electron chi connectivity index (χ0n) is 16.0. The number of hydrogen-bond donors (Lipinski definition) is 1. The molecule has 1 saturated heterocycles. The van der Waals surface area contributed by atoms with E-state index in [4.69, 9.17) is 4.74 Å². The van der Waals surface area contributed by atoms with Crippen molar-refractivity contribution in [2.75, 3.05) is 19.7 Å². The topological polar surface area (TPSA) is 62.4 Å². The number of hydrogen-bond acceptors (Lipinski definition) is 3. The van der Waals surface area contributed by atoms with E-state index in [1.165, 1.54) is 0 Å². The molecule has 1 N–H and O–H groups in total. The molecule has 1 aliphatic heterocycles. The molecule has 28 heavy (non-hydrogen) atoms. The summed E-state index contributed by atoms with van der Waals surface area (Å²) in [5.74, 6) is 0.795. The number of aromatic nitrogens is 1. The molecule has 1 amide bonds. The van der Waals surface area contributed by atoms with Gasteiger partial charge < -0.3 is 14.6 Å². The van der Waals surface area contributed by atoms with Gasteiger partial charge >= 0.3 is 0 Å². The molecule has 0 unspecified atom stereocenters. The Bertz CT molecular complexity index is 983. The molecule has 4 rings (SSSR count). The van der Waals surface area contributed by atoms with Crippen LogP contribution in [-0.4, -0.2) is 41.3 Å². The molecule has 3 aromatic rings. The van der Waals surface area contributed by atoms with Gasteiger partial charge in [-0.25, -0.2) is 0 Å². The van der Waals surface area contributed by atoms with Gasteiger partial charge in [-0.15, -0.1) is 0 Å². The Kier molecular flexibility index (Phi) is 5.15. The van der Waals surface area contributed by atoms with Gasteiger partial charge in [0.25, 0.3) is 5.91 Å². The van der Waals surface area contributed by atoms with E-state index >= 15 is 0 Å². The minimum atomic E-state index is -0.0405. The van der Waals surface area contributed by atoms with Crippen molar-refractivity contribution in [3.63, 3.8) is 0 Å². The quantitative estimate of drug-likeness (QED) is 0.685. The predicted molar refractivity (Wildman–Crippen MR) is 109 cm³/mol. The summed E-state index contributed by atoms with van der Waals surface area (Å²) in [5, 5.41) is 0.970. The van der Waals surface area contributed by atoms with E-state index in [1.807, 2.05) is 55.5 Å². The van der Waals surface area contributed by atoms with Gasteiger partial charge in [0.2, 0.25) is 0 Å². The third-order valence-corrected chi connectivity index (χ3v) is 5.46. The average molecular weight is 376 g/mol. The number of fused-ring (bicyclic) bond motifs is 1. The van der Waals surface area contributed by atoms with Crippen LogP contribution in [0.3, 0.4) is 0 Å². The Labute approximate surface area is 164 Å². The molecule has 0 aliphatic carbocycles. The Morgan fingerprint density at radius 2 is 1.79 bits per heavy atom. The molecule has 144 valence electrons. The van der Waals surface area contributed by atoms with E-state index in [0.717, 1.165) is 22.0 Å². The van der Waals surface area contributed by atoms with Crippen LogP contribution in [0.2, 0.25) is 0 Å². The summed E-state index contributed by atoms with van der Waals surface area (Å²) in [4.78, 5) is 30.3. The first-order valence-electron chi connectivity index (χ1n) is 9.69. The summed E-state index contributed by atoms with van der Waals surface area (Å²) in [6.45, 7) is 3.23. The monoisotopic (exact) mass is 376 g/mol. The first-order valence-corrected chi connectivity index (χ1v) is 9.69. The number of benzene rings is 2. The highest BCUT2D eigenvalue weighted by atomic mass is 16.5. The number of aryl methyl sites for hydroxylation is 1. The third-order valence-electron chi connectivity index (χ3n) is 5.46. The van der Waals surface area contributed by atoms with E-state index in [1.54, 1.807) is 11.1 Å². The van der Waals surface area contributed by atoms with Crippen molar-refractivity contribution >= 4 is 22.6 Å². The Balaban J connectivity index is 1.32. The molecule has 2 heterocycles. The molecule has 5 nitrogen and oxygen atoms in total. The molecule has 1 fully saturated rings. The van der Waals surface area contributed by atoms with E-state index in [2.05, 4.69) is 4.98 Å². The molecule has 0 bridgehead atoms. The standard InChI is InChI=1S/C23H24N2O3/c1-16-6-8-18(9-7-16)28-15-22(26)25-12-10-17(11-13-25)23(27)20-14-24-21-5-3-2-4-19(20)21/h2-9,14,17,24H,10-13,15H2,1H3. The minimum absolute atomic E-state index is 0.0291. The number of nitrogens with zero attached hydrogens (tertiary/aromatic N) is 1. The number of piperidine rings is 1. The fourth-order valence-corrected chi connectivity index (χ4v) is 3.76. The fraction of sp³-hybridized carbons (Fsp3) is 0.304. The number of amides is 1. The van der Waals surface area contributed by atoms with Crippen LogP contribution >= 0.6 is 0 Å². The van der Waals surface area contributed by atoms with Gasteiger partial charge in [-0.1, -0.05) is 35.9 Å². The molecular formula is C23H24N2O3. The first-order chi connectivity index (χ1) is 13.6. The Hall–Kier alpha value is -3.08. The third kappa shape index (κ3) is 3.79. The molecule has 0 saturated carbocycles. The SMILES string of the molecule is Cc1ccc(OCC(=O)N2CCC(C(=O)c3c[nH]c4ccccc34)CC2)cc1. The second kappa shape index (κ2) is 7.89. The lowest BCUT2D eigenvalue weighted by Gasteiger charge is -2.31. The maximum Gasteiger partial charge on any atom is 0.260 e. The van der Waals surface area contributed by atoms with Crippen LogP contribution in [0.4, 0.5) is 0 Å². The highest BCUT2D eigenvalue weighted by Crippen LogP contribution is 2.26. The van der Waals surface area contributed by atoms with E-state index in [0.29, 0.717) is 31.7 Å². The van der Waals surface area contributed by atoms with Gasteiger partial charge in [-0.05, 0) is 38.0 Å². The number of ether oxygens (including phenoxy) is 1. The van der Waals surface area contributed by atoms with Crippen LogP contribution in [0.25, 0.3) is 10.9 Å². The molecule has 2 aromatic carbocycles. The number of para-hydroxylation sites is 1. The van der Waals surface area contributed by atoms with E-state index in [-0.39, 0.29) is 24.2 Å². The summed E-state index contributed by atoms with van der Waals surface area (Å²) in [6, 6.07) is 15.5. The predicted octanol–water partition coefficient (Wildman–Crippen LogP) is 3.98. The number of carbonyl (C=O) groups excluding carboxylic acids is 2. The maximum absolute atomic E-state index is 12.9. The number of carbonyl (C=O) groups is 2. The minimum Gasteiger partial charge on any atom is -0.484 e. The van der Waals surface area contributed by atoms with Crippen molar-refractivity contribution in [1.29, 1.82) is 0 Å². The fourth-order valence-electron chi connectivity index (χ4n) is 3.76. The molecule has 0 spiro atoms. The molecule has 0 atom stereocenters. The molecule has 1 aromatic heterocycles. The summed E-state index contributed by atoms with van der Waals surface area (Å²) >= 11 is 0. The van der Waals surface area contributed by atoms with Crippen molar-refractivity contribution in [3.8, 4) is 5.75 Å². The van der Waals surface area contributed by atoms with Gasteiger partial charge in [0.05, 0.1) is 0 Å². The summed E-state index contributed by atoms with van der Waals surface area (Å²) < 4.78 is 5.60. The number of rotatable bonds is 5. The maximum atomic E-state index is 12.9. The zero-order valence-corrected chi connectivity index (χ0v) is 16.0. The molecular weight excluding hydrogens is 352 g/mol. The number of likely N-dealkylation sites (tertiary alicyclic amines) is 1. The van der Waals surface area contributed by atoms with E-state index in [9.17, 15) is 9.59 Å². The number of ketones is 1. The second-order valence-corrected chi connectivity index (χ2v) is 7.37. The van der Waals surface area contributed by atoms with Crippen LogP contribution in [0, 0.1) is 12.8 Å². The van der Waals surface area contributed by atoms with Gasteiger partial charge in [0, 0.05) is 41.7 Å². The van der Waals surface area contributed by atoms with Gasteiger partial charge in [-0.2, -0.15) is 0 Å². The van der Waals surface area contributed by atoms with Crippen molar-refractivity contribution in [1.82, 2.24) is 9.88 Å². The van der Waals surface area contributed by atoms with Crippen molar-refractivity contribution in [3.05, 3.63) is 65.9 Å². The zero-order chi connectivity index (χ0) is 19.5. The van der Waals surface area contributed by atoms with Crippen LogP contribution in [0.1, 0.15) is 28.8 Å². The van der Waals surface area contributed by atoms with Crippen LogP contribution in [-0.2, 0) is 4.79 Å². The smallest absolute Gasteiger partial charge is 0.260 e. The molecule has 5 heteroatoms. The normalized spacial score (nSPS) is 15.0. The van der Waals surface area contributed by atoms with E-state index < -0.39 is 0 Å². The first kappa shape index (κ1) is 18.3. The molecule has 1 aliphatic rings. The summed E-state index contributed by atoms with van der Waals surface area (Å²) in [5.41, 5.74) is 2.88. The summed E-state index contributed by atoms with van der Waals surface area (Å²) in [7, 11) is 0. The second-order valence-electron chi connectivity index (χ2n) is 7.37. The lowest BCUT2D eigenvalue weighted by atomic mass is 9.88. The van der Waals surface area contributed by atoms with Crippen LogP contribution in [0.15, 0.2) is 54.7 Å². The average Bonchev–Trinajstić information content (AvgIpc) is 3.17. The lowest BCUT2D eigenvalue weighted by Crippen LogP contribution is -2.42. The van der Waals surface area contributed by atoms with Crippen molar-refractivity contribution < 1.29 is 14.3 Å². The van der Waals surface area contributed by atoms with Crippen molar-refractivity contribution in [2.45, 2.75) is 19.8 Å².